The summed E-state index contributed by atoms with van der Waals surface area (Å²) in [4.78, 5) is 17.1. The molecule has 8 heteroatoms. The summed E-state index contributed by atoms with van der Waals surface area (Å²) in [6, 6.07) is 13.9. The molecule has 0 amide bonds. The first-order valence-electron chi connectivity index (χ1n) is 8.39. The van der Waals surface area contributed by atoms with Gasteiger partial charge in [0.25, 0.3) is 0 Å². The maximum Gasteiger partial charge on any atom is 0.222 e. The van der Waals surface area contributed by atoms with Gasteiger partial charge in [0.1, 0.15) is 21.7 Å². The largest absolute Gasteiger partial charge is 0.368 e. The summed E-state index contributed by atoms with van der Waals surface area (Å²) >= 11 is 3.01. The molecule has 3 aromatic rings. The quantitative estimate of drug-likeness (QED) is 0.458. The molecule has 0 atom stereocenters. The number of nitrogens with two attached hydrogens (primary N) is 1. The minimum absolute atomic E-state index is 0.190. The highest BCUT2D eigenvalue weighted by Crippen LogP contribution is 2.29. The van der Waals surface area contributed by atoms with Crippen LogP contribution in [0, 0.1) is 11.3 Å². The van der Waals surface area contributed by atoms with Crippen molar-refractivity contribution in [2.75, 3.05) is 17.2 Å². The van der Waals surface area contributed by atoms with E-state index in [1.807, 2.05) is 36.4 Å². The summed E-state index contributed by atoms with van der Waals surface area (Å²) in [5.74, 6) is 1.72. The summed E-state index contributed by atoms with van der Waals surface area (Å²) in [6.45, 7) is 0. The van der Waals surface area contributed by atoms with Crippen molar-refractivity contribution < 1.29 is 0 Å². The lowest BCUT2D eigenvalue weighted by Gasteiger charge is -2.09. The van der Waals surface area contributed by atoms with Crippen molar-refractivity contribution >= 4 is 29.5 Å². The molecule has 0 saturated carbocycles. The van der Waals surface area contributed by atoms with Gasteiger partial charge in [0.15, 0.2) is 0 Å². The molecule has 3 aromatic heterocycles. The Morgan fingerprint density at radius 3 is 1.78 bits per heavy atom. The van der Waals surface area contributed by atoms with Crippen LogP contribution in [0.2, 0.25) is 0 Å². The van der Waals surface area contributed by atoms with Gasteiger partial charge in [-0.15, -0.1) is 23.5 Å². The Morgan fingerprint density at radius 1 is 0.852 bits per heavy atom. The van der Waals surface area contributed by atoms with Crippen molar-refractivity contribution in [1.29, 1.82) is 5.26 Å². The maximum atomic E-state index is 9.60. The Balaban J connectivity index is 1.64. The fourth-order valence-electron chi connectivity index (χ4n) is 2.34. The zero-order valence-electron chi connectivity index (χ0n) is 14.6. The molecule has 27 heavy (non-hydrogen) atoms. The standard InChI is InChI=1S/C19H18N6S2/c20-13-16-17(26-11-7-14-5-1-3-9-22-14)24-19(21)25-18(16)27-12-8-15-6-2-4-10-23-15/h1-6,9-10H,7-8,11-12H2,(H2,21,24,25). The van der Waals surface area contributed by atoms with Gasteiger partial charge in [0, 0.05) is 35.3 Å². The Hall–Kier alpha value is -2.63. The zero-order valence-corrected chi connectivity index (χ0v) is 16.2. The van der Waals surface area contributed by atoms with Crippen molar-refractivity contribution in [3.63, 3.8) is 0 Å². The highest BCUT2D eigenvalue weighted by atomic mass is 32.2. The van der Waals surface area contributed by atoms with E-state index in [0.717, 1.165) is 35.7 Å². The van der Waals surface area contributed by atoms with E-state index in [-0.39, 0.29) is 5.95 Å². The Labute approximate surface area is 166 Å². The first-order chi connectivity index (χ1) is 13.3. The number of nitrogen functional groups attached to an aromatic ring is 1. The molecule has 0 aliphatic heterocycles. The third-order valence-corrected chi connectivity index (χ3v) is 5.57. The van der Waals surface area contributed by atoms with E-state index in [1.165, 1.54) is 23.5 Å². The van der Waals surface area contributed by atoms with E-state index < -0.39 is 0 Å². The molecule has 0 aliphatic rings. The van der Waals surface area contributed by atoms with E-state index in [4.69, 9.17) is 5.73 Å². The number of pyridine rings is 2. The first-order valence-corrected chi connectivity index (χ1v) is 10.4. The van der Waals surface area contributed by atoms with Gasteiger partial charge >= 0.3 is 0 Å². The lowest BCUT2D eigenvalue weighted by molar-refractivity contribution is 0.953. The predicted molar refractivity (Wildman–Crippen MR) is 108 cm³/mol. The number of nitriles is 1. The second-order valence-corrected chi connectivity index (χ2v) is 7.69. The van der Waals surface area contributed by atoms with Crippen molar-refractivity contribution in [2.45, 2.75) is 22.9 Å². The molecule has 0 aliphatic carbocycles. The summed E-state index contributed by atoms with van der Waals surface area (Å²) in [5.41, 5.74) is 8.37. The molecule has 136 valence electrons. The van der Waals surface area contributed by atoms with Gasteiger partial charge in [-0.2, -0.15) is 5.26 Å². The van der Waals surface area contributed by atoms with Crippen LogP contribution in [0.3, 0.4) is 0 Å². The van der Waals surface area contributed by atoms with Crippen molar-refractivity contribution in [1.82, 2.24) is 19.9 Å². The number of aromatic nitrogens is 4. The van der Waals surface area contributed by atoms with Crippen LogP contribution in [0.5, 0.6) is 0 Å². The summed E-state index contributed by atoms with van der Waals surface area (Å²) < 4.78 is 0. The van der Waals surface area contributed by atoms with E-state index in [1.54, 1.807) is 12.4 Å². The molecule has 0 fully saturated rings. The first kappa shape index (κ1) is 19.1. The topological polar surface area (TPSA) is 101 Å². The fraction of sp³-hybridized carbons (Fsp3) is 0.211. The Bertz CT molecular complexity index is 846. The normalized spacial score (nSPS) is 10.5. The molecule has 0 saturated heterocycles. The number of hydrogen-bond donors (Lipinski definition) is 1. The van der Waals surface area contributed by atoms with E-state index in [2.05, 4.69) is 26.0 Å². The number of hydrogen-bond acceptors (Lipinski definition) is 8. The number of thioether (sulfide) groups is 2. The average molecular weight is 395 g/mol. The van der Waals surface area contributed by atoms with Crippen molar-refractivity contribution in [3.05, 3.63) is 65.7 Å². The fourth-order valence-corrected chi connectivity index (χ4v) is 4.30. The molecule has 2 N–H and O–H groups in total. The zero-order chi connectivity index (χ0) is 18.9. The predicted octanol–water partition coefficient (Wildman–Crippen LogP) is 3.39. The van der Waals surface area contributed by atoms with Crippen LogP contribution >= 0.6 is 23.5 Å². The van der Waals surface area contributed by atoms with Crippen molar-refractivity contribution in [2.24, 2.45) is 0 Å². The minimum Gasteiger partial charge on any atom is -0.368 e. The number of anilines is 1. The van der Waals surface area contributed by atoms with Crippen LogP contribution < -0.4 is 5.73 Å². The second kappa shape index (κ2) is 9.90. The highest BCUT2D eigenvalue weighted by molar-refractivity contribution is 8.00. The molecule has 0 spiro atoms. The van der Waals surface area contributed by atoms with Crippen LogP contribution in [0.1, 0.15) is 17.0 Å². The lowest BCUT2D eigenvalue weighted by Crippen LogP contribution is -2.03. The molecule has 0 aromatic carbocycles. The summed E-state index contributed by atoms with van der Waals surface area (Å²) in [5, 5.41) is 10.9. The number of nitrogens with zero attached hydrogens (tertiary/aromatic N) is 5. The van der Waals surface area contributed by atoms with Gasteiger partial charge in [-0.3, -0.25) is 9.97 Å². The van der Waals surface area contributed by atoms with Crippen LogP contribution in [0.25, 0.3) is 0 Å². The maximum absolute atomic E-state index is 9.60. The van der Waals surface area contributed by atoms with E-state index >= 15 is 0 Å². The van der Waals surface area contributed by atoms with Gasteiger partial charge in [-0.1, -0.05) is 12.1 Å². The Morgan fingerprint density at radius 2 is 1.37 bits per heavy atom. The van der Waals surface area contributed by atoms with Crippen LogP contribution in [0.4, 0.5) is 5.95 Å². The van der Waals surface area contributed by atoms with Gasteiger partial charge < -0.3 is 5.73 Å². The molecule has 0 bridgehead atoms. The molecular weight excluding hydrogens is 376 g/mol. The third kappa shape index (κ3) is 5.67. The van der Waals surface area contributed by atoms with E-state index in [0.29, 0.717) is 15.6 Å². The molecule has 6 nitrogen and oxygen atoms in total. The lowest BCUT2D eigenvalue weighted by atomic mass is 10.3. The summed E-state index contributed by atoms with van der Waals surface area (Å²) in [6.07, 6.45) is 5.14. The molecule has 3 rings (SSSR count). The number of rotatable bonds is 8. The van der Waals surface area contributed by atoms with Crippen LogP contribution in [0.15, 0.2) is 58.8 Å². The molecule has 0 unspecified atom stereocenters. The van der Waals surface area contributed by atoms with Gasteiger partial charge in [0.05, 0.1) is 0 Å². The smallest absolute Gasteiger partial charge is 0.222 e. The average Bonchev–Trinajstić information content (AvgIpc) is 2.69. The van der Waals surface area contributed by atoms with E-state index in [9.17, 15) is 5.26 Å². The minimum atomic E-state index is 0.190. The molecule has 3 heterocycles. The van der Waals surface area contributed by atoms with Crippen LogP contribution in [-0.2, 0) is 12.8 Å². The SMILES string of the molecule is N#Cc1c(SCCc2ccccn2)nc(N)nc1SCCc1ccccn1. The highest BCUT2D eigenvalue weighted by Gasteiger charge is 2.14. The van der Waals surface area contributed by atoms with Gasteiger partial charge in [0.2, 0.25) is 5.95 Å². The summed E-state index contributed by atoms with van der Waals surface area (Å²) in [7, 11) is 0. The third-order valence-electron chi connectivity index (χ3n) is 3.62. The second-order valence-electron chi connectivity index (χ2n) is 5.52. The van der Waals surface area contributed by atoms with Crippen molar-refractivity contribution in [3.8, 4) is 6.07 Å². The molecular formula is C19H18N6S2. The van der Waals surface area contributed by atoms with Gasteiger partial charge in [-0.05, 0) is 37.1 Å². The van der Waals surface area contributed by atoms with Crippen LogP contribution in [-0.4, -0.2) is 31.4 Å². The van der Waals surface area contributed by atoms with Gasteiger partial charge in [-0.25, -0.2) is 9.97 Å². The Kier molecular flexibility index (Phi) is 7.02. The molecule has 0 radical (unpaired) electrons. The number of aryl methyl sites for hydroxylation is 2. The monoisotopic (exact) mass is 394 g/mol.